The van der Waals surface area contributed by atoms with Crippen LogP contribution >= 0.6 is 23.4 Å². The molecule has 1 N–H and O–H groups in total. The van der Waals surface area contributed by atoms with Crippen LogP contribution in [0.2, 0.25) is 5.02 Å². The molecule has 0 aliphatic carbocycles. The molecule has 1 aromatic carbocycles. The van der Waals surface area contributed by atoms with Crippen molar-refractivity contribution in [3.8, 4) is 0 Å². The highest BCUT2D eigenvalue weighted by Crippen LogP contribution is 2.25. The van der Waals surface area contributed by atoms with Gasteiger partial charge in [-0.3, -0.25) is 4.98 Å². The quantitative estimate of drug-likeness (QED) is 0.736. The van der Waals surface area contributed by atoms with Crippen molar-refractivity contribution < 1.29 is 0 Å². The number of nitrogens with zero attached hydrogens (tertiary/aromatic N) is 1. The normalized spacial score (nSPS) is 12.3. The van der Waals surface area contributed by atoms with Gasteiger partial charge in [0.25, 0.3) is 0 Å². The Kier molecular flexibility index (Phi) is 6.55. The zero-order valence-electron chi connectivity index (χ0n) is 12.5. The van der Waals surface area contributed by atoms with Crippen molar-refractivity contribution in [1.29, 1.82) is 0 Å². The largest absolute Gasteiger partial charge is 0.309 e. The van der Waals surface area contributed by atoms with E-state index in [4.69, 9.17) is 11.6 Å². The fourth-order valence-electron chi connectivity index (χ4n) is 1.99. The second kappa shape index (κ2) is 8.42. The molecule has 1 heterocycles. The van der Waals surface area contributed by atoms with Crippen LogP contribution in [0.25, 0.3) is 0 Å². The molecule has 4 heteroatoms. The predicted molar refractivity (Wildman–Crippen MR) is 92.2 cm³/mol. The van der Waals surface area contributed by atoms with Crippen LogP contribution < -0.4 is 5.32 Å². The first-order valence-corrected chi connectivity index (χ1v) is 8.59. The number of hydrogen-bond donors (Lipinski definition) is 1. The maximum absolute atomic E-state index is 5.92. The molecule has 0 saturated heterocycles. The second-order valence-corrected chi connectivity index (χ2v) is 6.53. The third kappa shape index (κ3) is 5.34. The summed E-state index contributed by atoms with van der Waals surface area (Å²) in [4.78, 5) is 5.65. The number of aromatic nitrogens is 1. The second-order valence-electron chi connectivity index (χ2n) is 5.00. The van der Waals surface area contributed by atoms with Crippen molar-refractivity contribution in [3.63, 3.8) is 0 Å². The summed E-state index contributed by atoms with van der Waals surface area (Å²) in [7, 11) is 0. The molecule has 0 spiro atoms. The first kappa shape index (κ1) is 16.3. The summed E-state index contributed by atoms with van der Waals surface area (Å²) in [6, 6.07) is 12.6. The standard InChI is InChI=1S/C17H21ClN2S/c1-3-10-19-17(14-5-4-13(2)20-11-14)12-21-16-8-6-15(18)7-9-16/h4-9,11,17,19H,3,10,12H2,1-2H3. The van der Waals surface area contributed by atoms with E-state index in [0.717, 1.165) is 29.4 Å². The van der Waals surface area contributed by atoms with Gasteiger partial charge in [0.15, 0.2) is 0 Å². The van der Waals surface area contributed by atoms with Gasteiger partial charge in [-0.1, -0.05) is 24.6 Å². The summed E-state index contributed by atoms with van der Waals surface area (Å²) < 4.78 is 0. The average Bonchev–Trinajstić information content (AvgIpc) is 2.50. The van der Waals surface area contributed by atoms with Gasteiger partial charge in [-0.05, 0) is 55.8 Å². The third-order valence-corrected chi connectivity index (χ3v) is 4.57. The Balaban J connectivity index is 2.02. The molecule has 0 amide bonds. The van der Waals surface area contributed by atoms with Gasteiger partial charge in [0, 0.05) is 33.6 Å². The lowest BCUT2D eigenvalue weighted by molar-refractivity contribution is 0.575. The van der Waals surface area contributed by atoms with E-state index in [-0.39, 0.29) is 0 Å². The lowest BCUT2D eigenvalue weighted by Gasteiger charge is -2.18. The molecule has 2 aromatic rings. The van der Waals surface area contributed by atoms with Crippen LogP contribution in [-0.2, 0) is 0 Å². The van der Waals surface area contributed by atoms with E-state index in [1.54, 1.807) is 0 Å². The van der Waals surface area contributed by atoms with Crippen molar-refractivity contribution >= 4 is 23.4 Å². The van der Waals surface area contributed by atoms with Crippen molar-refractivity contribution in [2.24, 2.45) is 0 Å². The molecule has 1 atom stereocenters. The number of aryl methyl sites for hydroxylation is 1. The van der Waals surface area contributed by atoms with Crippen molar-refractivity contribution in [2.75, 3.05) is 12.3 Å². The van der Waals surface area contributed by atoms with E-state index >= 15 is 0 Å². The van der Waals surface area contributed by atoms with Crippen LogP contribution in [0.1, 0.15) is 30.6 Å². The highest BCUT2D eigenvalue weighted by atomic mass is 35.5. The van der Waals surface area contributed by atoms with Gasteiger partial charge in [-0.2, -0.15) is 0 Å². The van der Waals surface area contributed by atoms with Crippen LogP contribution in [0.4, 0.5) is 0 Å². The van der Waals surface area contributed by atoms with E-state index in [2.05, 4.69) is 41.5 Å². The van der Waals surface area contributed by atoms with Gasteiger partial charge in [-0.25, -0.2) is 0 Å². The summed E-state index contributed by atoms with van der Waals surface area (Å²) >= 11 is 7.76. The van der Waals surface area contributed by atoms with Crippen LogP contribution in [0, 0.1) is 6.92 Å². The maximum atomic E-state index is 5.92. The van der Waals surface area contributed by atoms with E-state index in [1.165, 1.54) is 10.5 Å². The topological polar surface area (TPSA) is 24.9 Å². The summed E-state index contributed by atoms with van der Waals surface area (Å²) in [5.41, 5.74) is 2.30. The van der Waals surface area contributed by atoms with Crippen LogP contribution in [0.3, 0.4) is 0 Å². The highest BCUT2D eigenvalue weighted by Gasteiger charge is 2.11. The van der Waals surface area contributed by atoms with Crippen molar-refractivity contribution in [1.82, 2.24) is 10.3 Å². The molecule has 21 heavy (non-hydrogen) atoms. The maximum Gasteiger partial charge on any atom is 0.0430 e. The summed E-state index contributed by atoms with van der Waals surface area (Å²) in [6.45, 7) is 5.21. The molecule has 1 unspecified atom stereocenters. The first-order chi connectivity index (χ1) is 10.2. The molecule has 0 radical (unpaired) electrons. The van der Waals surface area contributed by atoms with E-state index in [9.17, 15) is 0 Å². The monoisotopic (exact) mass is 320 g/mol. The molecular formula is C17H21ClN2S. The summed E-state index contributed by atoms with van der Waals surface area (Å²) in [6.07, 6.45) is 3.10. The van der Waals surface area contributed by atoms with Crippen molar-refractivity contribution in [2.45, 2.75) is 31.2 Å². The van der Waals surface area contributed by atoms with Gasteiger partial charge in [-0.15, -0.1) is 11.8 Å². The molecular weight excluding hydrogens is 300 g/mol. The molecule has 112 valence electrons. The van der Waals surface area contributed by atoms with Crippen LogP contribution in [-0.4, -0.2) is 17.3 Å². The SMILES string of the molecule is CCCNC(CSc1ccc(Cl)cc1)c1ccc(C)nc1. The van der Waals surface area contributed by atoms with Crippen molar-refractivity contribution in [3.05, 3.63) is 58.9 Å². The molecule has 0 saturated carbocycles. The van der Waals surface area contributed by atoms with Gasteiger partial charge in [0.05, 0.1) is 0 Å². The average molecular weight is 321 g/mol. The Hall–Kier alpha value is -1.03. The number of benzene rings is 1. The van der Waals surface area contributed by atoms with Gasteiger partial charge in [0.1, 0.15) is 0 Å². The molecule has 0 fully saturated rings. The number of rotatable bonds is 7. The van der Waals surface area contributed by atoms with Crippen LogP contribution in [0.15, 0.2) is 47.5 Å². The minimum atomic E-state index is 0.318. The molecule has 0 aliphatic heterocycles. The van der Waals surface area contributed by atoms with Gasteiger partial charge in [0.2, 0.25) is 0 Å². The van der Waals surface area contributed by atoms with Gasteiger partial charge >= 0.3 is 0 Å². The Labute approximate surface area is 136 Å². The lowest BCUT2D eigenvalue weighted by atomic mass is 10.1. The molecule has 1 aromatic heterocycles. The zero-order chi connectivity index (χ0) is 15.1. The fourth-order valence-corrected chi connectivity index (χ4v) is 3.11. The number of nitrogens with one attached hydrogen (secondary N) is 1. The van der Waals surface area contributed by atoms with Gasteiger partial charge < -0.3 is 5.32 Å². The third-order valence-electron chi connectivity index (χ3n) is 3.21. The summed E-state index contributed by atoms with van der Waals surface area (Å²) in [5, 5.41) is 4.38. The Bertz CT molecular complexity index is 540. The van der Waals surface area contributed by atoms with Crippen LogP contribution in [0.5, 0.6) is 0 Å². The minimum absolute atomic E-state index is 0.318. The lowest BCUT2D eigenvalue weighted by Crippen LogP contribution is -2.24. The molecule has 0 aliphatic rings. The molecule has 0 bridgehead atoms. The Morgan fingerprint density at radius 2 is 1.95 bits per heavy atom. The first-order valence-electron chi connectivity index (χ1n) is 7.23. The molecule has 2 nitrogen and oxygen atoms in total. The number of pyridine rings is 1. The number of thioether (sulfide) groups is 1. The van der Waals surface area contributed by atoms with E-state index < -0.39 is 0 Å². The summed E-state index contributed by atoms with van der Waals surface area (Å²) in [5.74, 6) is 0.979. The predicted octanol–water partition coefficient (Wildman–Crippen LogP) is 4.88. The van der Waals surface area contributed by atoms with E-state index in [0.29, 0.717) is 6.04 Å². The highest BCUT2D eigenvalue weighted by molar-refractivity contribution is 7.99. The number of hydrogen-bond acceptors (Lipinski definition) is 3. The van der Waals surface area contributed by atoms with E-state index in [1.807, 2.05) is 37.0 Å². The smallest absolute Gasteiger partial charge is 0.0430 e. The molecule has 2 rings (SSSR count). The minimum Gasteiger partial charge on any atom is -0.309 e. The number of halogens is 1. The Morgan fingerprint density at radius 1 is 1.19 bits per heavy atom. The Morgan fingerprint density at radius 3 is 2.57 bits per heavy atom. The zero-order valence-corrected chi connectivity index (χ0v) is 14.0. The fraction of sp³-hybridized carbons (Fsp3) is 0.353.